The molecule has 2 fully saturated rings. The molecule has 0 bridgehead atoms. The molecule has 2 saturated heterocycles. The largest absolute Gasteiger partial charge is 0.329 e. The number of piperidine rings is 1. The van der Waals surface area contributed by atoms with Crippen molar-refractivity contribution in [1.82, 2.24) is 13.5 Å². The second-order valence-electron chi connectivity index (χ2n) is 6.57. The highest BCUT2D eigenvalue weighted by atomic mass is 32.2. The summed E-state index contributed by atoms with van der Waals surface area (Å²) >= 11 is 0. The van der Waals surface area contributed by atoms with E-state index >= 15 is 0 Å². The van der Waals surface area contributed by atoms with Gasteiger partial charge in [0, 0.05) is 44.3 Å². The molecular formula is C13H28N4O2S. The summed E-state index contributed by atoms with van der Waals surface area (Å²) < 4.78 is 29.0. The van der Waals surface area contributed by atoms with Gasteiger partial charge in [-0.1, -0.05) is 6.42 Å². The molecule has 0 spiro atoms. The first-order valence-electron chi connectivity index (χ1n) is 7.47. The van der Waals surface area contributed by atoms with E-state index in [1.54, 1.807) is 8.61 Å². The summed E-state index contributed by atoms with van der Waals surface area (Å²) in [5, 5.41) is 0. The van der Waals surface area contributed by atoms with Crippen LogP contribution in [0.1, 0.15) is 33.1 Å². The highest BCUT2D eigenvalue weighted by Gasteiger charge is 2.41. The van der Waals surface area contributed by atoms with E-state index in [0.717, 1.165) is 25.8 Å². The van der Waals surface area contributed by atoms with Gasteiger partial charge in [0.2, 0.25) is 0 Å². The minimum atomic E-state index is -3.38. The Morgan fingerprint density at radius 1 is 1.20 bits per heavy atom. The maximum absolute atomic E-state index is 12.9. The Balaban J connectivity index is 2.17. The van der Waals surface area contributed by atoms with Gasteiger partial charge in [0.25, 0.3) is 10.2 Å². The van der Waals surface area contributed by atoms with Gasteiger partial charge in [-0.25, -0.2) is 0 Å². The molecule has 1 atom stereocenters. The van der Waals surface area contributed by atoms with Gasteiger partial charge in [-0.3, -0.25) is 4.90 Å². The molecule has 2 heterocycles. The molecule has 7 heteroatoms. The zero-order valence-corrected chi connectivity index (χ0v) is 13.7. The average molecular weight is 304 g/mol. The molecule has 0 radical (unpaired) electrons. The zero-order chi connectivity index (χ0) is 15.0. The van der Waals surface area contributed by atoms with Crippen LogP contribution in [-0.4, -0.2) is 73.3 Å². The highest BCUT2D eigenvalue weighted by Crippen LogP contribution is 2.26. The normalized spacial score (nSPS) is 30.5. The Bertz CT molecular complexity index is 438. The first kappa shape index (κ1) is 16.2. The van der Waals surface area contributed by atoms with E-state index < -0.39 is 10.2 Å². The number of nitrogens with two attached hydrogens (primary N) is 1. The molecule has 2 rings (SSSR count). The van der Waals surface area contributed by atoms with Gasteiger partial charge in [0.1, 0.15) is 0 Å². The summed E-state index contributed by atoms with van der Waals surface area (Å²) in [4.78, 5) is 2.22. The Morgan fingerprint density at radius 2 is 1.90 bits per heavy atom. The number of rotatable bonds is 3. The van der Waals surface area contributed by atoms with E-state index in [0.29, 0.717) is 26.2 Å². The molecule has 2 aliphatic rings. The van der Waals surface area contributed by atoms with Gasteiger partial charge >= 0.3 is 0 Å². The lowest BCUT2D eigenvalue weighted by molar-refractivity contribution is 0.0745. The molecule has 0 aromatic heterocycles. The molecule has 0 amide bonds. The Morgan fingerprint density at radius 3 is 2.50 bits per heavy atom. The third kappa shape index (κ3) is 3.01. The van der Waals surface area contributed by atoms with Crippen molar-refractivity contribution < 1.29 is 8.42 Å². The molecule has 0 aromatic rings. The van der Waals surface area contributed by atoms with Crippen LogP contribution in [0.25, 0.3) is 0 Å². The van der Waals surface area contributed by atoms with Gasteiger partial charge in [-0.05, 0) is 33.7 Å². The summed E-state index contributed by atoms with van der Waals surface area (Å²) in [5.41, 5.74) is 5.64. The topological polar surface area (TPSA) is 69.9 Å². The summed E-state index contributed by atoms with van der Waals surface area (Å²) in [6, 6.07) is -0.0310. The van der Waals surface area contributed by atoms with Crippen molar-refractivity contribution in [3.05, 3.63) is 0 Å². The minimum Gasteiger partial charge on any atom is -0.329 e. The van der Waals surface area contributed by atoms with Crippen LogP contribution < -0.4 is 5.73 Å². The van der Waals surface area contributed by atoms with Crippen LogP contribution in [0, 0.1) is 0 Å². The summed E-state index contributed by atoms with van der Waals surface area (Å²) in [5.74, 6) is 0. The van der Waals surface area contributed by atoms with Crippen LogP contribution in [0.4, 0.5) is 0 Å². The first-order valence-corrected chi connectivity index (χ1v) is 8.87. The van der Waals surface area contributed by atoms with Gasteiger partial charge in [-0.2, -0.15) is 17.0 Å². The van der Waals surface area contributed by atoms with Crippen molar-refractivity contribution in [2.45, 2.75) is 44.7 Å². The fraction of sp³-hybridized carbons (Fsp3) is 1.00. The molecule has 0 saturated carbocycles. The van der Waals surface area contributed by atoms with E-state index in [9.17, 15) is 8.42 Å². The Hall–Kier alpha value is -0.210. The third-order valence-corrected chi connectivity index (χ3v) is 6.79. The minimum absolute atomic E-state index is 0.0310. The second-order valence-corrected chi connectivity index (χ2v) is 8.45. The van der Waals surface area contributed by atoms with Crippen LogP contribution in [0.2, 0.25) is 0 Å². The van der Waals surface area contributed by atoms with E-state index in [4.69, 9.17) is 5.73 Å². The van der Waals surface area contributed by atoms with E-state index in [1.165, 1.54) is 0 Å². The fourth-order valence-electron chi connectivity index (χ4n) is 3.05. The van der Waals surface area contributed by atoms with Crippen molar-refractivity contribution in [3.63, 3.8) is 0 Å². The fourth-order valence-corrected chi connectivity index (χ4v) is 5.07. The molecule has 0 aliphatic carbocycles. The Kier molecular flexibility index (Phi) is 4.76. The number of likely N-dealkylation sites (N-methyl/N-ethyl adjacent to an activating group) is 1. The Labute approximate surface area is 123 Å². The molecule has 0 aromatic carbocycles. The molecule has 2 N–H and O–H groups in total. The smallest absolute Gasteiger partial charge is 0.282 e. The van der Waals surface area contributed by atoms with Crippen LogP contribution in [-0.2, 0) is 10.2 Å². The van der Waals surface area contributed by atoms with E-state index in [-0.39, 0.29) is 11.6 Å². The number of hydrogen-bond donors (Lipinski definition) is 1. The van der Waals surface area contributed by atoms with Crippen molar-refractivity contribution in [3.8, 4) is 0 Å². The molecule has 20 heavy (non-hydrogen) atoms. The highest BCUT2D eigenvalue weighted by molar-refractivity contribution is 7.86. The van der Waals surface area contributed by atoms with Crippen molar-refractivity contribution >= 4 is 10.2 Å². The monoisotopic (exact) mass is 304 g/mol. The van der Waals surface area contributed by atoms with E-state index in [1.807, 2.05) is 7.05 Å². The number of piperazine rings is 1. The molecular weight excluding hydrogens is 276 g/mol. The van der Waals surface area contributed by atoms with Gasteiger partial charge in [0.05, 0.1) is 0 Å². The molecule has 2 aliphatic heterocycles. The van der Waals surface area contributed by atoms with Crippen LogP contribution >= 0.6 is 0 Å². The summed E-state index contributed by atoms with van der Waals surface area (Å²) in [7, 11) is -1.33. The number of nitrogens with zero attached hydrogens (tertiary/aromatic N) is 3. The SMILES string of the molecule is CN1CCN(S(=O)(=O)N2CCCCC2CN)CC1(C)C. The predicted octanol–water partition coefficient (Wildman–Crippen LogP) is 0.0704. The zero-order valence-electron chi connectivity index (χ0n) is 12.9. The lowest BCUT2D eigenvalue weighted by Gasteiger charge is -2.47. The van der Waals surface area contributed by atoms with Crippen LogP contribution in [0.15, 0.2) is 0 Å². The standard InChI is InChI=1S/C13H28N4O2S/c1-13(2)11-16(9-8-15(13)3)20(18,19)17-7-5-4-6-12(17)10-14/h12H,4-11,14H2,1-3H3. The lowest BCUT2D eigenvalue weighted by Crippen LogP contribution is -2.62. The van der Waals surface area contributed by atoms with Crippen molar-refractivity contribution in [2.75, 3.05) is 39.8 Å². The van der Waals surface area contributed by atoms with Crippen LogP contribution in [0.3, 0.4) is 0 Å². The molecule has 6 nitrogen and oxygen atoms in total. The van der Waals surface area contributed by atoms with Crippen molar-refractivity contribution in [1.29, 1.82) is 0 Å². The predicted molar refractivity (Wildman–Crippen MR) is 80.6 cm³/mol. The quantitative estimate of drug-likeness (QED) is 0.801. The maximum atomic E-state index is 12.9. The van der Waals surface area contributed by atoms with Gasteiger partial charge in [-0.15, -0.1) is 0 Å². The third-order valence-electron chi connectivity index (χ3n) is 4.75. The molecule has 118 valence electrons. The average Bonchev–Trinajstić information content (AvgIpc) is 2.41. The first-order chi connectivity index (χ1) is 9.29. The van der Waals surface area contributed by atoms with Crippen LogP contribution in [0.5, 0.6) is 0 Å². The van der Waals surface area contributed by atoms with E-state index in [2.05, 4.69) is 18.7 Å². The second kappa shape index (κ2) is 5.88. The maximum Gasteiger partial charge on any atom is 0.282 e. The van der Waals surface area contributed by atoms with Gasteiger partial charge < -0.3 is 5.73 Å². The summed E-state index contributed by atoms with van der Waals surface area (Å²) in [6.45, 7) is 7.08. The number of hydrogen-bond acceptors (Lipinski definition) is 4. The van der Waals surface area contributed by atoms with Gasteiger partial charge in [0.15, 0.2) is 0 Å². The molecule has 1 unspecified atom stereocenters. The van der Waals surface area contributed by atoms with Crippen molar-refractivity contribution in [2.24, 2.45) is 5.73 Å². The lowest BCUT2D eigenvalue weighted by atomic mass is 10.0. The summed E-state index contributed by atoms with van der Waals surface area (Å²) in [6.07, 6.45) is 2.89.